The van der Waals surface area contributed by atoms with Gasteiger partial charge in [-0.3, -0.25) is 4.79 Å². The summed E-state index contributed by atoms with van der Waals surface area (Å²) in [7, 11) is 0. The molecule has 1 aliphatic heterocycles. The van der Waals surface area contributed by atoms with Crippen molar-refractivity contribution in [3.05, 3.63) is 34.6 Å². The number of carbonyl (C=O) groups excluding carboxylic acids is 1. The molecule has 1 aromatic rings. The van der Waals surface area contributed by atoms with Crippen LogP contribution in [0.5, 0.6) is 0 Å². The zero-order valence-electron chi connectivity index (χ0n) is 9.52. The molecule has 3 nitrogen and oxygen atoms in total. The number of nitrogens with one attached hydrogen (secondary N) is 2. The zero-order chi connectivity index (χ0) is 12.5. The number of carbonyl (C=O) groups is 1. The van der Waals surface area contributed by atoms with E-state index in [2.05, 4.69) is 10.6 Å². The fourth-order valence-electron chi connectivity index (χ4n) is 1.94. The maximum absolute atomic E-state index is 13.2. The molecule has 2 rings (SSSR count). The number of halogens is 2. The SMILES string of the molecule is CC1(NC(=O)c2cccc(F)c2Cl)CCNC1. The third kappa shape index (κ3) is 2.58. The second kappa shape index (κ2) is 4.63. The quantitative estimate of drug-likeness (QED) is 0.849. The Balaban J connectivity index is 2.17. The van der Waals surface area contributed by atoms with Gasteiger partial charge in [-0.1, -0.05) is 17.7 Å². The van der Waals surface area contributed by atoms with Gasteiger partial charge < -0.3 is 10.6 Å². The molecule has 92 valence electrons. The third-order valence-corrected chi connectivity index (χ3v) is 3.36. The molecule has 17 heavy (non-hydrogen) atoms. The third-order valence-electron chi connectivity index (χ3n) is 2.98. The van der Waals surface area contributed by atoms with E-state index in [1.807, 2.05) is 6.92 Å². The van der Waals surface area contributed by atoms with Crippen LogP contribution in [0.15, 0.2) is 18.2 Å². The van der Waals surface area contributed by atoms with Gasteiger partial charge in [-0.05, 0) is 32.0 Å². The van der Waals surface area contributed by atoms with E-state index >= 15 is 0 Å². The maximum Gasteiger partial charge on any atom is 0.253 e. The summed E-state index contributed by atoms with van der Waals surface area (Å²) in [4.78, 5) is 12.0. The summed E-state index contributed by atoms with van der Waals surface area (Å²) in [5.41, 5.74) is -0.105. The van der Waals surface area contributed by atoms with Crippen molar-refractivity contribution in [1.82, 2.24) is 10.6 Å². The Morgan fingerprint density at radius 1 is 1.59 bits per heavy atom. The molecule has 1 heterocycles. The molecular weight excluding hydrogens is 243 g/mol. The van der Waals surface area contributed by atoms with E-state index in [1.54, 1.807) is 0 Å². The van der Waals surface area contributed by atoms with Crippen molar-refractivity contribution in [2.45, 2.75) is 18.9 Å². The molecule has 0 aliphatic carbocycles. The lowest BCUT2D eigenvalue weighted by Crippen LogP contribution is -2.47. The van der Waals surface area contributed by atoms with Crippen molar-refractivity contribution in [3.63, 3.8) is 0 Å². The predicted octanol–water partition coefficient (Wildman–Crippen LogP) is 1.96. The minimum absolute atomic E-state index is 0.125. The van der Waals surface area contributed by atoms with Gasteiger partial charge >= 0.3 is 0 Å². The Kier molecular flexibility index (Phi) is 3.35. The van der Waals surface area contributed by atoms with Crippen LogP contribution in [0.4, 0.5) is 4.39 Å². The van der Waals surface area contributed by atoms with Crippen molar-refractivity contribution < 1.29 is 9.18 Å². The normalized spacial score (nSPS) is 23.7. The predicted molar refractivity (Wildman–Crippen MR) is 64.8 cm³/mol. The molecule has 1 amide bonds. The number of hydrogen-bond acceptors (Lipinski definition) is 2. The van der Waals surface area contributed by atoms with Crippen LogP contribution in [0.1, 0.15) is 23.7 Å². The van der Waals surface area contributed by atoms with E-state index in [1.165, 1.54) is 18.2 Å². The monoisotopic (exact) mass is 256 g/mol. The summed E-state index contributed by atoms with van der Waals surface area (Å²) < 4.78 is 13.2. The highest BCUT2D eigenvalue weighted by Crippen LogP contribution is 2.21. The van der Waals surface area contributed by atoms with E-state index < -0.39 is 5.82 Å². The summed E-state index contributed by atoms with van der Waals surface area (Å²) in [5.74, 6) is -0.908. The minimum Gasteiger partial charge on any atom is -0.346 e. The van der Waals surface area contributed by atoms with E-state index in [0.717, 1.165) is 13.0 Å². The zero-order valence-corrected chi connectivity index (χ0v) is 10.3. The van der Waals surface area contributed by atoms with Gasteiger partial charge in [-0.25, -0.2) is 4.39 Å². The highest BCUT2D eigenvalue weighted by atomic mass is 35.5. The molecule has 1 aliphatic rings. The van der Waals surface area contributed by atoms with Gasteiger partial charge in [0.05, 0.1) is 16.1 Å². The van der Waals surface area contributed by atoms with Crippen molar-refractivity contribution in [2.75, 3.05) is 13.1 Å². The molecule has 1 atom stereocenters. The summed E-state index contributed by atoms with van der Waals surface area (Å²) >= 11 is 5.77. The van der Waals surface area contributed by atoms with Crippen LogP contribution < -0.4 is 10.6 Å². The molecule has 0 aromatic heterocycles. The van der Waals surface area contributed by atoms with Crippen LogP contribution in [0, 0.1) is 5.82 Å². The van der Waals surface area contributed by atoms with Gasteiger partial charge in [-0.2, -0.15) is 0 Å². The molecule has 1 fully saturated rings. The summed E-state index contributed by atoms with van der Waals surface area (Å²) in [6, 6.07) is 4.23. The van der Waals surface area contributed by atoms with Gasteiger partial charge in [0.15, 0.2) is 0 Å². The van der Waals surface area contributed by atoms with Crippen molar-refractivity contribution in [1.29, 1.82) is 0 Å². The first-order valence-electron chi connectivity index (χ1n) is 5.49. The van der Waals surface area contributed by atoms with Gasteiger partial charge in [0.25, 0.3) is 5.91 Å². The second-order valence-corrected chi connectivity index (χ2v) is 4.92. The Labute approximate surface area is 104 Å². The molecule has 0 bridgehead atoms. The lowest BCUT2D eigenvalue weighted by atomic mass is 10.0. The van der Waals surface area contributed by atoms with E-state index in [4.69, 9.17) is 11.6 Å². The minimum atomic E-state index is -0.575. The smallest absolute Gasteiger partial charge is 0.253 e. The first kappa shape index (κ1) is 12.3. The first-order valence-corrected chi connectivity index (χ1v) is 5.87. The molecule has 2 N–H and O–H groups in total. The molecule has 1 aromatic carbocycles. The van der Waals surface area contributed by atoms with Crippen LogP contribution >= 0.6 is 11.6 Å². The largest absolute Gasteiger partial charge is 0.346 e. The average Bonchev–Trinajstić information content (AvgIpc) is 2.68. The maximum atomic E-state index is 13.2. The molecule has 5 heteroatoms. The van der Waals surface area contributed by atoms with E-state index in [0.29, 0.717) is 6.54 Å². The number of rotatable bonds is 2. The Morgan fingerprint density at radius 2 is 2.35 bits per heavy atom. The van der Waals surface area contributed by atoms with Crippen LogP contribution in [-0.2, 0) is 0 Å². The van der Waals surface area contributed by atoms with Crippen molar-refractivity contribution in [3.8, 4) is 0 Å². The van der Waals surface area contributed by atoms with Gasteiger partial charge in [0, 0.05) is 6.54 Å². The molecule has 1 unspecified atom stereocenters. The Bertz CT molecular complexity index is 444. The molecular formula is C12H14ClFN2O. The van der Waals surface area contributed by atoms with E-state index in [9.17, 15) is 9.18 Å². The lowest BCUT2D eigenvalue weighted by Gasteiger charge is -2.24. The fourth-order valence-corrected chi connectivity index (χ4v) is 2.16. The summed E-state index contributed by atoms with van der Waals surface area (Å²) in [5, 5.41) is 5.94. The molecule has 0 saturated carbocycles. The van der Waals surface area contributed by atoms with Crippen LogP contribution in [-0.4, -0.2) is 24.5 Å². The Morgan fingerprint density at radius 3 is 3.00 bits per heavy atom. The topological polar surface area (TPSA) is 41.1 Å². The summed E-state index contributed by atoms with van der Waals surface area (Å²) in [6.07, 6.45) is 0.853. The standard InChI is InChI=1S/C12H14ClFN2O/c1-12(5-6-15-7-12)16-11(17)8-3-2-4-9(14)10(8)13/h2-4,15H,5-7H2,1H3,(H,16,17). The van der Waals surface area contributed by atoms with Crippen LogP contribution in [0.25, 0.3) is 0 Å². The average molecular weight is 257 g/mol. The molecule has 1 saturated heterocycles. The highest BCUT2D eigenvalue weighted by molar-refractivity contribution is 6.34. The van der Waals surface area contributed by atoms with Crippen LogP contribution in [0.3, 0.4) is 0 Å². The van der Waals surface area contributed by atoms with Gasteiger partial charge in [0.1, 0.15) is 5.82 Å². The number of benzene rings is 1. The lowest BCUT2D eigenvalue weighted by molar-refractivity contribution is 0.0913. The van der Waals surface area contributed by atoms with E-state index in [-0.39, 0.29) is 22.0 Å². The van der Waals surface area contributed by atoms with Crippen molar-refractivity contribution in [2.24, 2.45) is 0 Å². The first-order chi connectivity index (χ1) is 8.02. The molecule has 0 radical (unpaired) electrons. The van der Waals surface area contributed by atoms with Crippen molar-refractivity contribution >= 4 is 17.5 Å². The number of hydrogen-bond donors (Lipinski definition) is 2. The van der Waals surface area contributed by atoms with Crippen LogP contribution in [0.2, 0.25) is 5.02 Å². The van der Waals surface area contributed by atoms with Gasteiger partial charge in [0.2, 0.25) is 0 Å². The molecule has 0 spiro atoms. The fraction of sp³-hybridized carbons (Fsp3) is 0.417. The number of amides is 1. The summed E-state index contributed by atoms with van der Waals surface area (Å²) in [6.45, 7) is 3.54. The van der Waals surface area contributed by atoms with Gasteiger partial charge in [-0.15, -0.1) is 0 Å². The Hall–Kier alpha value is -1.13. The highest BCUT2D eigenvalue weighted by Gasteiger charge is 2.31. The second-order valence-electron chi connectivity index (χ2n) is 4.54.